The molecule has 86 valence electrons. The summed E-state index contributed by atoms with van der Waals surface area (Å²) >= 11 is 0. The monoisotopic (exact) mass is 230 g/mol. The van der Waals surface area contributed by atoms with Crippen molar-refractivity contribution < 1.29 is 14.4 Å². The molecule has 1 heterocycles. The van der Waals surface area contributed by atoms with E-state index in [-0.39, 0.29) is 0 Å². The first-order chi connectivity index (χ1) is 8.16. The van der Waals surface area contributed by atoms with Gasteiger partial charge in [-0.3, -0.25) is 20.2 Å². The van der Waals surface area contributed by atoms with Crippen LogP contribution >= 0.6 is 0 Å². The first-order valence-corrected chi connectivity index (χ1v) is 5.06. The molecule has 0 bridgehead atoms. The highest BCUT2D eigenvalue weighted by Gasteiger charge is 2.31. The second-order valence-electron chi connectivity index (χ2n) is 3.56. The van der Waals surface area contributed by atoms with E-state index in [0.29, 0.717) is 0 Å². The highest BCUT2D eigenvalue weighted by Crippen LogP contribution is 2.08. The van der Waals surface area contributed by atoms with Crippen molar-refractivity contribution in [2.24, 2.45) is 5.92 Å². The minimum Gasteiger partial charge on any atom is -0.277 e. The normalized spacial score (nSPS) is 17.1. The molecule has 0 aliphatic carbocycles. The van der Waals surface area contributed by atoms with Gasteiger partial charge in [0.2, 0.25) is 11.8 Å². The third kappa shape index (κ3) is 2.57. The molecule has 2 rings (SSSR count). The van der Waals surface area contributed by atoms with Crippen LogP contribution in [0, 0.1) is 5.92 Å². The van der Waals surface area contributed by atoms with Crippen LogP contribution in [0.5, 0.6) is 0 Å². The topological polar surface area (TPSA) is 75.3 Å². The minimum absolute atomic E-state index is 0.606. The van der Waals surface area contributed by atoms with Gasteiger partial charge in [-0.15, -0.1) is 0 Å². The van der Waals surface area contributed by atoms with E-state index in [9.17, 15) is 14.4 Å². The third-order valence-electron chi connectivity index (χ3n) is 2.32. The largest absolute Gasteiger partial charge is 0.328 e. The van der Waals surface area contributed by atoms with E-state index in [1.165, 1.54) is 6.08 Å². The van der Waals surface area contributed by atoms with Crippen LogP contribution in [-0.2, 0) is 9.59 Å². The number of amides is 4. The van der Waals surface area contributed by atoms with Crippen molar-refractivity contribution in [3.63, 3.8) is 0 Å². The van der Waals surface area contributed by atoms with Crippen LogP contribution in [0.2, 0.25) is 0 Å². The Hall–Kier alpha value is -2.43. The highest BCUT2D eigenvalue weighted by molar-refractivity contribution is 6.17. The Kier molecular flexibility index (Phi) is 3.00. The van der Waals surface area contributed by atoms with E-state index in [1.807, 2.05) is 41.0 Å². The Bertz CT molecular complexity index is 474. The van der Waals surface area contributed by atoms with Gasteiger partial charge < -0.3 is 0 Å². The number of nitrogens with one attached hydrogen (secondary N) is 2. The quantitative estimate of drug-likeness (QED) is 0.734. The summed E-state index contributed by atoms with van der Waals surface area (Å²) in [7, 11) is 0. The van der Waals surface area contributed by atoms with Crippen LogP contribution in [0.1, 0.15) is 5.56 Å². The van der Waals surface area contributed by atoms with Crippen LogP contribution in [-0.4, -0.2) is 17.8 Å². The number of rotatable bonds is 2. The van der Waals surface area contributed by atoms with Gasteiger partial charge in [0.1, 0.15) is 5.92 Å². The average molecular weight is 230 g/mol. The van der Waals surface area contributed by atoms with Gasteiger partial charge in [-0.05, 0) is 5.56 Å². The molecule has 1 aromatic carbocycles. The number of urea groups is 1. The van der Waals surface area contributed by atoms with Crippen molar-refractivity contribution >= 4 is 23.9 Å². The molecule has 1 saturated heterocycles. The van der Waals surface area contributed by atoms with E-state index >= 15 is 0 Å². The highest BCUT2D eigenvalue weighted by atomic mass is 16.2. The van der Waals surface area contributed by atoms with Crippen molar-refractivity contribution in [2.45, 2.75) is 0 Å². The Morgan fingerprint density at radius 3 is 2.12 bits per heavy atom. The number of hydrogen-bond acceptors (Lipinski definition) is 3. The summed E-state index contributed by atoms with van der Waals surface area (Å²) in [6, 6.07) is 8.50. The Labute approximate surface area is 97.5 Å². The summed E-state index contributed by atoms with van der Waals surface area (Å²) in [5.41, 5.74) is 0.880. The molecule has 0 spiro atoms. The van der Waals surface area contributed by atoms with Crippen molar-refractivity contribution in [2.75, 3.05) is 0 Å². The molecule has 0 aromatic heterocycles. The molecular weight excluding hydrogens is 220 g/mol. The fourth-order valence-electron chi connectivity index (χ4n) is 1.48. The van der Waals surface area contributed by atoms with Crippen LogP contribution in [0.3, 0.4) is 0 Å². The summed E-state index contributed by atoms with van der Waals surface area (Å²) in [5.74, 6) is -2.18. The molecule has 2 N–H and O–H groups in total. The first kappa shape index (κ1) is 11.1. The predicted molar refractivity (Wildman–Crippen MR) is 60.6 cm³/mol. The lowest BCUT2D eigenvalue weighted by Gasteiger charge is -2.17. The summed E-state index contributed by atoms with van der Waals surface area (Å²) in [6.07, 6.45) is 3.13. The molecule has 1 aliphatic heterocycles. The van der Waals surface area contributed by atoms with Gasteiger partial charge in [0.15, 0.2) is 0 Å². The Morgan fingerprint density at radius 2 is 1.53 bits per heavy atom. The molecule has 1 aromatic rings. The van der Waals surface area contributed by atoms with E-state index in [2.05, 4.69) is 0 Å². The molecular formula is C12H10N2O3. The maximum Gasteiger partial charge on any atom is 0.328 e. The molecule has 4 amide bonds. The fourth-order valence-corrected chi connectivity index (χ4v) is 1.48. The van der Waals surface area contributed by atoms with Gasteiger partial charge in [0.25, 0.3) is 0 Å². The van der Waals surface area contributed by atoms with Gasteiger partial charge in [-0.25, -0.2) is 4.79 Å². The van der Waals surface area contributed by atoms with Crippen molar-refractivity contribution in [3.05, 3.63) is 42.0 Å². The third-order valence-corrected chi connectivity index (χ3v) is 2.32. The molecule has 5 nitrogen and oxygen atoms in total. The SMILES string of the molecule is O=C1NC(=O)C(C=Cc2ccccc2)C(=O)N1. The Morgan fingerprint density at radius 1 is 0.941 bits per heavy atom. The standard InChI is InChI=1S/C12H10N2O3/c15-10-9(11(16)14-12(17)13-10)7-6-8-4-2-1-3-5-8/h1-7,9H,(H2,13,14,15,16,17). The zero-order valence-electron chi connectivity index (χ0n) is 8.84. The van der Waals surface area contributed by atoms with Gasteiger partial charge in [-0.2, -0.15) is 0 Å². The molecule has 0 atom stereocenters. The van der Waals surface area contributed by atoms with Crippen LogP contribution < -0.4 is 10.6 Å². The molecule has 0 unspecified atom stereocenters. The first-order valence-electron chi connectivity index (χ1n) is 5.06. The van der Waals surface area contributed by atoms with Crippen LogP contribution in [0.4, 0.5) is 4.79 Å². The molecule has 17 heavy (non-hydrogen) atoms. The number of hydrogen-bond donors (Lipinski definition) is 2. The van der Waals surface area contributed by atoms with Gasteiger partial charge in [0, 0.05) is 0 Å². The van der Waals surface area contributed by atoms with E-state index in [1.54, 1.807) is 6.08 Å². The molecule has 0 radical (unpaired) electrons. The van der Waals surface area contributed by atoms with Crippen molar-refractivity contribution in [3.8, 4) is 0 Å². The number of benzene rings is 1. The molecule has 1 fully saturated rings. The van der Waals surface area contributed by atoms with E-state index in [4.69, 9.17) is 0 Å². The number of barbiturate groups is 1. The maximum atomic E-state index is 11.4. The summed E-state index contributed by atoms with van der Waals surface area (Å²) < 4.78 is 0. The fraction of sp³-hybridized carbons (Fsp3) is 0.0833. The zero-order valence-corrected chi connectivity index (χ0v) is 8.84. The van der Waals surface area contributed by atoms with Crippen LogP contribution in [0.15, 0.2) is 36.4 Å². The minimum atomic E-state index is -0.965. The summed E-state index contributed by atoms with van der Waals surface area (Å²) in [4.78, 5) is 33.6. The maximum absolute atomic E-state index is 11.4. The van der Waals surface area contributed by atoms with Crippen molar-refractivity contribution in [1.82, 2.24) is 10.6 Å². The smallest absolute Gasteiger partial charge is 0.277 e. The molecule has 0 saturated carbocycles. The van der Waals surface area contributed by atoms with E-state index in [0.717, 1.165) is 5.56 Å². The second-order valence-corrected chi connectivity index (χ2v) is 3.56. The average Bonchev–Trinajstić information content (AvgIpc) is 2.29. The lowest BCUT2D eigenvalue weighted by molar-refractivity contribution is -0.133. The zero-order chi connectivity index (χ0) is 12.3. The van der Waals surface area contributed by atoms with Crippen LogP contribution in [0.25, 0.3) is 6.08 Å². The number of carbonyl (C=O) groups is 3. The molecule has 1 aliphatic rings. The van der Waals surface area contributed by atoms with Crippen molar-refractivity contribution in [1.29, 1.82) is 0 Å². The van der Waals surface area contributed by atoms with E-state index < -0.39 is 23.8 Å². The molecule has 5 heteroatoms. The number of carbonyl (C=O) groups excluding carboxylic acids is 3. The Balaban J connectivity index is 2.13. The summed E-state index contributed by atoms with van der Waals surface area (Å²) in [6.45, 7) is 0. The van der Waals surface area contributed by atoms with Gasteiger partial charge >= 0.3 is 6.03 Å². The van der Waals surface area contributed by atoms with Gasteiger partial charge in [-0.1, -0.05) is 42.5 Å². The lowest BCUT2D eigenvalue weighted by Crippen LogP contribution is -2.55. The second kappa shape index (κ2) is 4.61. The summed E-state index contributed by atoms with van der Waals surface area (Å²) in [5, 5.41) is 4.07. The van der Waals surface area contributed by atoms with Gasteiger partial charge in [0.05, 0.1) is 0 Å². The lowest BCUT2D eigenvalue weighted by atomic mass is 10.0. The predicted octanol–water partition coefficient (Wildman–Crippen LogP) is 0.682. The number of imide groups is 2.